The molecule has 2 heterocycles. The van der Waals surface area contributed by atoms with Crippen molar-refractivity contribution in [3.63, 3.8) is 0 Å². The van der Waals surface area contributed by atoms with Crippen LogP contribution in [0.3, 0.4) is 0 Å². The zero-order valence-electron chi connectivity index (χ0n) is 16.6. The number of hydrogen-bond acceptors (Lipinski definition) is 5. The van der Waals surface area contributed by atoms with Crippen molar-refractivity contribution in [3.8, 4) is 0 Å². The van der Waals surface area contributed by atoms with Gasteiger partial charge in [0.15, 0.2) is 0 Å². The Morgan fingerprint density at radius 3 is 2.74 bits per heavy atom. The summed E-state index contributed by atoms with van der Waals surface area (Å²) in [7, 11) is 0. The number of nitrogens with one attached hydrogen (secondary N) is 1. The highest BCUT2D eigenvalue weighted by Crippen LogP contribution is 2.26. The van der Waals surface area contributed by atoms with Gasteiger partial charge in [-0.15, -0.1) is 0 Å². The van der Waals surface area contributed by atoms with E-state index in [0.717, 1.165) is 12.0 Å². The van der Waals surface area contributed by atoms with Crippen LogP contribution in [0.15, 0.2) is 48.8 Å². The third kappa shape index (κ3) is 7.68. The van der Waals surface area contributed by atoms with Gasteiger partial charge in [-0.3, -0.25) is 15.2 Å². The van der Waals surface area contributed by atoms with Crippen LogP contribution in [0, 0.1) is 0 Å². The summed E-state index contributed by atoms with van der Waals surface area (Å²) in [5, 5.41) is 2.73. The lowest BCUT2D eigenvalue weighted by Gasteiger charge is -2.35. The number of carbonyl (C=O) groups excluding carboxylic acids is 1. The van der Waals surface area contributed by atoms with E-state index in [2.05, 4.69) is 10.3 Å². The molecule has 0 spiro atoms. The van der Waals surface area contributed by atoms with E-state index in [1.54, 1.807) is 23.4 Å². The van der Waals surface area contributed by atoms with Gasteiger partial charge in [0.1, 0.15) is 0 Å². The molecule has 3 rings (SSSR count). The number of ether oxygens (including phenoxy) is 2. The van der Waals surface area contributed by atoms with E-state index in [9.17, 15) is 18.0 Å². The Morgan fingerprint density at radius 1 is 1.29 bits per heavy atom. The van der Waals surface area contributed by atoms with Crippen LogP contribution >= 0.6 is 11.6 Å². The number of nitrogens with zero attached hydrogens (tertiary/aromatic N) is 2. The van der Waals surface area contributed by atoms with Gasteiger partial charge < -0.3 is 9.47 Å². The molecule has 168 valence electrons. The van der Waals surface area contributed by atoms with E-state index in [1.165, 1.54) is 24.3 Å². The lowest BCUT2D eigenvalue weighted by molar-refractivity contribution is -0.208. The van der Waals surface area contributed by atoms with Crippen molar-refractivity contribution in [1.29, 1.82) is 0 Å². The molecule has 0 aliphatic carbocycles. The maximum atomic E-state index is 13.5. The molecular formula is C21H23ClF3N3O3. The molecule has 1 amide bonds. The summed E-state index contributed by atoms with van der Waals surface area (Å²) in [5.41, 5.74) is 1.19. The average molecular weight is 458 g/mol. The molecule has 2 atom stereocenters. The SMILES string of the molecule is O=C(Nc1ccc(Cl)cc1)O[C@@H](CN1CCCC(OCc2cccnc2)C1)C(F)(F)F. The minimum atomic E-state index is -4.69. The molecule has 1 aromatic heterocycles. The van der Waals surface area contributed by atoms with Gasteiger partial charge in [-0.2, -0.15) is 13.2 Å². The maximum absolute atomic E-state index is 13.5. The molecule has 0 bridgehead atoms. The number of benzene rings is 1. The van der Waals surface area contributed by atoms with Crippen LogP contribution in [0.5, 0.6) is 0 Å². The number of piperidine rings is 1. The van der Waals surface area contributed by atoms with E-state index in [0.29, 0.717) is 31.1 Å². The number of anilines is 1. The lowest BCUT2D eigenvalue weighted by Crippen LogP contribution is -2.49. The number of pyridine rings is 1. The minimum Gasteiger partial charge on any atom is -0.435 e. The molecule has 1 aliphatic rings. The molecule has 1 N–H and O–H groups in total. The van der Waals surface area contributed by atoms with Crippen LogP contribution in [-0.4, -0.2) is 54.0 Å². The highest BCUT2D eigenvalue weighted by atomic mass is 35.5. The van der Waals surface area contributed by atoms with Gasteiger partial charge in [0, 0.05) is 36.2 Å². The predicted molar refractivity (Wildman–Crippen MR) is 110 cm³/mol. The standard InChI is InChI=1S/C21H23ClF3N3O3/c22-16-5-7-17(8-6-16)27-20(29)31-19(21(23,24)25)13-28-10-2-4-18(12-28)30-14-15-3-1-9-26-11-15/h1,3,5-9,11,18-19H,2,4,10,12-14H2,(H,27,29)/t18?,19-/m0/s1. The van der Waals surface area contributed by atoms with Gasteiger partial charge in [0.25, 0.3) is 0 Å². The van der Waals surface area contributed by atoms with Crippen LogP contribution < -0.4 is 5.32 Å². The topological polar surface area (TPSA) is 63.7 Å². The minimum absolute atomic E-state index is 0.203. The Hall–Kier alpha value is -2.36. The Morgan fingerprint density at radius 2 is 2.06 bits per heavy atom. The summed E-state index contributed by atoms with van der Waals surface area (Å²) in [5.74, 6) is 0. The predicted octanol–water partition coefficient (Wildman–Crippen LogP) is 4.90. The van der Waals surface area contributed by atoms with Crippen molar-refractivity contribution < 1.29 is 27.4 Å². The third-order valence-electron chi connectivity index (χ3n) is 4.80. The van der Waals surface area contributed by atoms with E-state index < -0.39 is 24.9 Å². The Labute approximate surface area is 183 Å². The summed E-state index contributed by atoms with van der Waals surface area (Å²) in [4.78, 5) is 17.6. The second-order valence-electron chi connectivity index (χ2n) is 7.26. The average Bonchev–Trinajstić information content (AvgIpc) is 2.74. The molecule has 1 fully saturated rings. The van der Waals surface area contributed by atoms with Crippen molar-refractivity contribution in [2.24, 2.45) is 0 Å². The lowest BCUT2D eigenvalue weighted by atomic mass is 10.1. The second-order valence-corrected chi connectivity index (χ2v) is 7.70. The molecule has 2 aromatic rings. The summed E-state index contributed by atoms with van der Waals surface area (Å²) in [6.45, 7) is 0.690. The van der Waals surface area contributed by atoms with Gasteiger partial charge in [-0.25, -0.2) is 4.79 Å². The molecule has 10 heteroatoms. The van der Waals surface area contributed by atoms with Crippen molar-refractivity contribution in [2.45, 2.75) is 37.8 Å². The number of alkyl halides is 3. The molecule has 1 aliphatic heterocycles. The molecule has 1 saturated heterocycles. The zero-order valence-corrected chi connectivity index (χ0v) is 17.4. The van der Waals surface area contributed by atoms with Gasteiger partial charge in [0.2, 0.25) is 6.10 Å². The molecule has 1 aromatic carbocycles. The first-order chi connectivity index (χ1) is 14.8. The molecule has 31 heavy (non-hydrogen) atoms. The summed E-state index contributed by atoms with van der Waals surface area (Å²) in [6.07, 6.45) is -3.53. The fraction of sp³-hybridized carbons (Fsp3) is 0.429. The van der Waals surface area contributed by atoms with Gasteiger partial charge in [0.05, 0.1) is 12.7 Å². The second kappa shape index (κ2) is 10.8. The number of likely N-dealkylation sites (tertiary alicyclic amines) is 1. The van der Waals surface area contributed by atoms with E-state index >= 15 is 0 Å². The molecule has 0 radical (unpaired) electrons. The van der Waals surface area contributed by atoms with E-state index in [4.69, 9.17) is 21.1 Å². The summed E-state index contributed by atoms with van der Waals surface area (Å²) in [6, 6.07) is 9.64. The Balaban J connectivity index is 1.53. The summed E-state index contributed by atoms with van der Waals surface area (Å²) >= 11 is 5.76. The number of halogens is 4. The van der Waals surface area contributed by atoms with E-state index in [-0.39, 0.29) is 11.8 Å². The van der Waals surface area contributed by atoms with Gasteiger partial charge in [-0.05, 0) is 55.3 Å². The van der Waals surface area contributed by atoms with Crippen molar-refractivity contribution in [1.82, 2.24) is 9.88 Å². The number of hydrogen-bond donors (Lipinski definition) is 1. The monoisotopic (exact) mass is 457 g/mol. The van der Waals surface area contributed by atoms with E-state index in [1.807, 2.05) is 6.07 Å². The summed E-state index contributed by atoms with van der Waals surface area (Å²) < 4.78 is 51.1. The molecule has 1 unspecified atom stereocenters. The van der Waals surface area contributed by atoms with Crippen LogP contribution in [-0.2, 0) is 16.1 Å². The first-order valence-corrected chi connectivity index (χ1v) is 10.2. The normalized spacial score (nSPS) is 18.4. The quantitative estimate of drug-likeness (QED) is 0.641. The fourth-order valence-corrected chi connectivity index (χ4v) is 3.39. The molecule has 0 saturated carbocycles. The fourth-order valence-electron chi connectivity index (χ4n) is 3.26. The number of aromatic nitrogens is 1. The van der Waals surface area contributed by atoms with Gasteiger partial charge >= 0.3 is 12.3 Å². The van der Waals surface area contributed by atoms with Crippen LogP contribution in [0.4, 0.5) is 23.7 Å². The first-order valence-electron chi connectivity index (χ1n) is 9.82. The number of carbonyl (C=O) groups is 1. The highest BCUT2D eigenvalue weighted by molar-refractivity contribution is 6.30. The zero-order chi connectivity index (χ0) is 22.3. The van der Waals surface area contributed by atoms with Crippen LogP contribution in [0.1, 0.15) is 18.4 Å². The molecular weight excluding hydrogens is 435 g/mol. The largest absolute Gasteiger partial charge is 0.435 e. The van der Waals surface area contributed by atoms with Crippen LogP contribution in [0.2, 0.25) is 5.02 Å². The number of amides is 1. The Bertz CT molecular complexity index is 837. The van der Waals surface area contributed by atoms with Crippen LogP contribution in [0.25, 0.3) is 0 Å². The third-order valence-corrected chi connectivity index (χ3v) is 5.05. The number of rotatable bonds is 7. The van der Waals surface area contributed by atoms with Gasteiger partial charge in [-0.1, -0.05) is 17.7 Å². The van der Waals surface area contributed by atoms with Crippen molar-refractivity contribution in [2.75, 3.05) is 25.0 Å². The Kier molecular flexibility index (Phi) is 8.11. The first kappa shape index (κ1) is 23.3. The molecule has 6 nitrogen and oxygen atoms in total. The highest BCUT2D eigenvalue weighted by Gasteiger charge is 2.44. The maximum Gasteiger partial charge on any atom is 0.426 e. The van der Waals surface area contributed by atoms with Crippen molar-refractivity contribution >= 4 is 23.4 Å². The smallest absolute Gasteiger partial charge is 0.426 e. The van der Waals surface area contributed by atoms with Crippen molar-refractivity contribution in [3.05, 3.63) is 59.4 Å².